The first kappa shape index (κ1) is 11.6. The van der Waals surface area contributed by atoms with Crippen molar-refractivity contribution in [3.63, 3.8) is 0 Å². The van der Waals surface area contributed by atoms with E-state index >= 15 is 0 Å². The number of pyridine rings is 1. The predicted octanol–water partition coefficient (Wildman–Crippen LogP) is 2.96. The van der Waals surface area contributed by atoms with Gasteiger partial charge < -0.3 is 10.5 Å². The van der Waals surface area contributed by atoms with E-state index in [1.807, 2.05) is 17.5 Å². The van der Waals surface area contributed by atoms with Crippen LogP contribution in [0.1, 0.15) is 16.5 Å². The predicted molar refractivity (Wildman–Crippen MR) is 68.8 cm³/mol. The number of hydrogen-bond acceptors (Lipinski definition) is 4. The average molecular weight is 299 g/mol. The highest BCUT2D eigenvalue weighted by atomic mass is 79.9. The molecule has 0 aliphatic rings. The van der Waals surface area contributed by atoms with E-state index < -0.39 is 0 Å². The molecule has 2 N–H and O–H groups in total. The van der Waals surface area contributed by atoms with Crippen molar-refractivity contribution in [3.05, 3.63) is 44.8 Å². The lowest BCUT2D eigenvalue weighted by molar-refractivity contribution is 0.406. The summed E-state index contributed by atoms with van der Waals surface area (Å²) in [5.74, 6) is 0.718. The van der Waals surface area contributed by atoms with Crippen molar-refractivity contribution in [2.24, 2.45) is 5.73 Å². The van der Waals surface area contributed by atoms with E-state index in [-0.39, 0.29) is 6.04 Å². The highest BCUT2D eigenvalue weighted by Crippen LogP contribution is 2.34. The SMILES string of the molecule is COc1cnccc1C(N)c1sccc1Br. The Morgan fingerprint density at radius 3 is 2.94 bits per heavy atom. The van der Waals surface area contributed by atoms with E-state index in [0.29, 0.717) is 0 Å². The van der Waals surface area contributed by atoms with E-state index in [4.69, 9.17) is 10.5 Å². The zero-order chi connectivity index (χ0) is 11.5. The second-order valence-corrected chi connectivity index (χ2v) is 5.03. The van der Waals surface area contributed by atoms with E-state index in [2.05, 4.69) is 20.9 Å². The molecule has 0 saturated heterocycles. The third-order valence-corrected chi connectivity index (χ3v) is 4.25. The minimum absolute atomic E-state index is 0.188. The molecule has 0 radical (unpaired) electrons. The van der Waals surface area contributed by atoms with Crippen LogP contribution in [0.3, 0.4) is 0 Å². The Hall–Kier alpha value is -0.910. The highest BCUT2D eigenvalue weighted by molar-refractivity contribution is 9.10. The monoisotopic (exact) mass is 298 g/mol. The lowest BCUT2D eigenvalue weighted by Crippen LogP contribution is -2.12. The lowest BCUT2D eigenvalue weighted by Gasteiger charge is -2.14. The number of ether oxygens (including phenoxy) is 1. The summed E-state index contributed by atoms with van der Waals surface area (Å²) in [5, 5.41) is 2.01. The minimum atomic E-state index is -0.188. The summed E-state index contributed by atoms with van der Waals surface area (Å²) in [4.78, 5) is 5.10. The fourth-order valence-corrected chi connectivity index (χ4v) is 3.13. The Balaban J connectivity index is 2.41. The van der Waals surface area contributed by atoms with Gasteiger partial charge in [0.2, 0.25) is 0 Å². The highest BCUT2D eigenvalue weighted by Gasteiger charge is 2.17. The molecular weight excluding hydrogens is 288 g/mol. The topological polar surface area (TPSA) is 48.1 Å². The number of nitrogens with zero attached hydrogens (tertiary/aromatic N) is 1. The van der Waals surface area contributed by atoms with Gasteiger partial charge in [0, 0.05) is 21.1 Å². The van der Waals surface area contributed by atoms with Gasteiger partial charge in [-0.15, -0.1) is 11.3 Å². The van der Waals surface area contributed by atoms with Crippen molar-refractivity contribution in [2.45, 2.75) is 6.04 Å². The molecular formula is C11H11BrN2OS. The molecule has 2 heterocycles. The van der Waals surface area contributed by atoms with Gasteiger partial charge in [0.15, 0.2) is 0 Å². The van der Waals surface area contributed by atoms with Crippen LogP contribution in [0.5, 0.6) is 5.75 Å². The van der Waals surface area contributed by atoms with Crippen molar-refractivity contribution < 1.29 is 4.74 Å². The zero-order valence-electron chi connectivity index (χ0n) is 8.68. The Morgan fingerprint density at radius 1 is 1.50 bits per heavy atom. The van der Waals surface area contributed by atoms with Crippen molar-refractivity contribution >= 4 is 27.3 Å². The molecule has 0 aromatic carbocycles. The molecule has 0 amide bonds. The summed E-state index contributed by atoms with van der Waals surface area (Å²) >= 11 is 5.11. The molecule has 5 heteroatoms. The van der Waals surface area contributed by atoms with Gasteiger partial charge in [-0.25, -0.2) is 0 Å². The summed E-state index contributed by atoms with van der Waals surface area (Å²) in [6.45, 7) is 0. The molecule has 2 aromatic heterocycles. The largest absolute Gasteiger partial charge is 0.495 e. The molecule has 3 nitrogen and oxygen atoms in total. The Labute approximate surface area is 106 Å². The van der Waals surface area contributed by atoms with Crippen LogP contribution >= 0.6 is 27.3 Å². The normalized spacial score (nSPS) is 12.4. The van der Waals surface area contributed by atoms with Crippen LogP contribution in [-0.4, -0.2) is 12.1 Å². The first-order valence-corrected chi connectivity index (χ1v) is 6.37. The quantitative estimate of drug-likeness (QED) is 0.948. The molecule has 0 saturated carbocycles. The smallest absolute Gasteiger partial charge is 0.142 e. The summed E-state index contributed by atoms with van der Waals surface area (Å²) < 4.78 is 6.28. The molecule has 0 aliphatic carbocycles. The van der Waals surface area contributed by atoms with Crippen LogP contribution in [0.2, 0.25) is 0 Å². The van der Waals surface area contributed by atoms with Gasteiger partial charge in [-0.05, 0) is 33.4 Å². The van der Waals surface area contributed by atoms with Crippen LogP contribution in [0.4, 0.5) is 0 Å². The molecule has 2 aromatic rings. The third-order valence-electron chi connectivity index (χ3n) is 2.30. The van der Waals surface area contributed by atoms with Crippen molar-refractivity contribution in [1.29, 1.82) is 0 Å². The van der Waals surface area contributed by atoms with Gasteiger partial charge in [0.1, 0.15) is 5.75 Å². The Morgan fingerprint density at radius 2 is 2.31 bits per heavy atom. The number of methoxy groups -OCH3 is 1. The summed E-state index contributed by atoms with van der Waals surface area (Å²) in [6.07, 6.45) is 3.40. The minimum Gasteiger partial charge on any atom is -0.495 e. The van der Waals surface area contributed by atoms with Gasteiger partial charge in [-0.1, -0.05) is 0 Å². The van der Waals surface area contributed by atoms with Gasteiger partial charge >= 0.3 is 0 Å². The maximum absolute atomic E-state index is 6.21. The van der Waals surface area contributed by atoms with Crippen LogP contribution in [0.25, 0.3) is 0 Å². The van der Waals surface area contributed by atoms with E-state index in [1.54, 1.807) is 30.8 Å². The van der Waals surface area contributed by atoms with Crippen LogP contribution in [0, 0.1) is 0 Å². The molecule has 84 valence electrons. The molecule has 16 heavy (non-hydrogen) atoms. The van der Waals surface area contributed by atoms with Crippen LogP contribution in [-0.2, 0) is 0 Å². The molecule has 2 rings (SSSR count). The summed E-state index contributed by atoms with van der Waals surface area (Å²) in [5.41, 5.74) is 7.16. The first-order chi connectivity index (χ1) is 7.74. The number of aromatic nitrogens is 1. The standard InChI is InChI=1S/C11H11BrN2OS/c1-15-9-6-14-4-2-7(9)10(13)11-8(12)3-5-16-11/h2-6,10H,13H2,1H3. The van der Waals surface area contributed by atoms with Crippen molar-refractivity contribution in [3.8, 4) is 5.75 Å². The maximum atomic E-state index is 6.21. The Kier molecular flexibility index (Phi) is 3.58. The zero-order valence-corrected chi connectivity index (χ0v) is 11.1. The van der Waals surface area contributed by atoms with Gasteiger partial charge in [-0.3, -0.25) is 4.98 Å². The number of halogens is 1. The van der Waals surface area contributed by atoms with Crippen LogP contribution < -0.4 is 10.5 Å². The molecule has 0 aliphatic heterocycles. The average Bonchev–Trinajstić information content (AvgIpc) is 2.74. The molecule has 0 spiro atoms. The second-order valence-electron chi connectivity index (χ2n) is 3.23. The number of thiophene rings is 1. The molecule has 1 unspecified atom stereocenters. The number of rotatable bonds is 3. The van der Waals surface area contributed by atoms with E-state index in [9.17, 15) is 0 Å². The van der Waals surface area contributed by atoms with E-state index in [0.717, 1.165) is 20.7 Å². The van der Waals surface area contributed by atoms with Gasteiger partial charge in [-0.2, -0.15) is 0 Å². The van der Waals surface area contributed by atoms with Crippen molar-refractivity contribution in [2.75, 3.05) is 7.11 Å². The van der Waals surface area contributed by atoms with Gasteiger partial charge in [0.05, 0.1) is 19.3 Å². The fourth-order valence-electron chi connectivity index (χ4n) is 1.49. The molecule has 0 fully saturated rings. The van der Waals surface area contributed by atoms with Crippen molar-refractivity contribution in [1.82, 2.24) is 4.98 Å². The van der Waals surface area contributed by atoms with Gasteiger partial charge in [0.25, 0.3) is 0 Å². The second kappa shape index (κ2) is 4.95. The number of nitrogens with two attached hydrogens (primary N) is 1. The van der Waals surface area contributed by atoms with Crippen LogP contribution in [0.15, 0.2) is 34.4 Å². The summed E-state index contributed by atoms with van der Waals surface area (Å²) in [6, 6.07) is 3.69. The first-order valence-electron chi connectivity index (χ1n) is 4.70. The summed E-state index contributed by atoms with van der Waals surface area (Å²) in [7, 11) is 1.62. The Bertz CT molecular complexity index is 486. The lowest BCUT2D eigenvalue weighted by atomic mass is 10.1. The molecule has 0 bridgehead atoms. The third kappa shape index (κ3) is 2.11. The van der Waals surface area contributed by atoms with E-state index in [1.165, 1.54) is 0 Å². The maximum Gasteiger partial charge on any atom is 0.142 e. The molecule has 1 atom stereocenters. The fraction of sp³-hybridized carbons (Fsp3) is 0.182. The number of hydrogen-bond donors (Lipinski definition) is 1.